The first kappa shape index (κ1) is 13.0. The van der Waals surface area contributed by atoms with Crippen LogP contribution in [-0.4, -0.2) is 41.3 Å². The highest BCUT2D eigenvalue weighted by molar-refractivity contribution is 5.93. The largest absolute Gasteiger partial charge is 0.447 e. The second-order valence-electron chi connectivity index (χ2n) is 4.33. The van der Waals surface area contributed by atoms with Crippen LogP contribution in [0, 0.1) is 5.92 Å². The lowest BCUT2D eigenvalue weighted by molar-refractivity contribution is -0.129. The molecule has 0 aromatic carbocycles. The summed E-state index contributed by atoms with van der Waals surface area (Å²) in [6.07, 6.45) is 0.941. The van der Waals surface area contributed by atoms with Gasteiger partial charge >= 0.3 is 6.09 Å². The van der Waals surface area contributed by atoms with Crippen molar-refractivity contribution in [3.05, 3.63) is 0 Å². The number of nitrogens with zero attached hydrogens (tertiary/aromatic N) is 1. The molecule has 0 radical (unpaired) electrons. The fourth-order valence-electron chi connectivity index (χ4n) is 1.72. The summed E-state index contributed by atoms with van der Waals surface area (Å²) in [6, 6.07) is -0.144. The molecule has 1 fully saturated rings. The standard InChI is InChI=1S/C11H19NO4/c1-8(2)9-7-16-11(15)12(9)10(14)5-3-4-6-13/h8-9,13H,3-7H2,1-2H3. The van der Waals surface area contributed by atoms with Crippen LogP contribution < -0.4 is 0 Å². The summed E-state index contributed by atoms with van der Waals surface area (Å²) in [7, 11) is 0. The average molecular weight is 229 g/mol. The molecular formula is C11H19NO4. The van der Waals surface area contributed by atoms with Crippen LogP contribution >= 0.6 is 0 Å². The monoisotopic (exact) mass is 229 g/mol. The highest BCUT2D eigenvalue weighted by atomic mass is 16.6. The van der Waals surface area contributed by atoms with E-state index in [0.29, 0.717) is 25.9 Å². The van der Waals surface area contributed by atoms with Crippen molar-refractivity contribution >= 4 is 12.0 Å². The van der Waals surface area contributed by atoms with Gasteiger partial charge in [-0.15, -0.1) is 0 Å². The minimum Gasteiger partial charge on any atom is -0.447 e. The number of imide groups is 1. The maximum absolute atomic E-state index is 11.8. The first-order valence-electron chi connectivity index (χ1n) is 5.67. The number of ether oxygens (including phenoxy) is 1. The number of carbonyl (C=O) groups excluding carboxylic acids is 2. The van der Waals surface area contributed by atoms with Gasteiger partial charge in [-0.1, -0.05) is 13.8 Å². The van der Waals surface area contributed by atoms with Crippen molar-refractivity contribution in [2.45, 2.75) is 39.2 Å². The molecule has 16 heavy (non-hydrogen) atoms. The van der Waals surface area contributed by atoms with Crippen molar-refractivity contribution in [3.63, 3.8) is 0 Å². The van der Waals surface area contributed by atoms with Crippen molar-refractivity contribution in [1.29, 1.82) is 0 Å². The molecular weight excluding hydrogens is 210 g/mol. The number of rotatable bonds is 5. The van der Waals surface area contributed by atoms with Gasteiger partial charge in [-0.3, -0.25) is 4.79 Å². The van der Waals surface area contributed by atoms with Crippen LogP contribution in [0.3, 0.4) is 0 Å². The predicted molar refractivity (Wildman–Crippen MR) is 57.8 cm³/mol. The van der Waals surface area contributed by atoms with E-state index in [4.69, 9.17) is 9.84 Å². The molecule has 0 aromatic heterocycles. The van der Waals surface area contributed by atoms with E-state index >= 15 is 0 Å². The smallest absolute Gasteiger partial charge is 0.416 e. The number of hydrogen-bond acceptors (Lipinski definition) is 4. The van der Waals surface area contributed by atoms with Gasteiger partial charge in [-0.05, 0) is 18.8 Å². The van der Waals surface area contributed by atoms with Gasteiger partial charge in [0.05, 0.1) is 6.04 Å². The molecule has 5 nitrogen and oxygen atoms in total. The van der Waals surface area contributed by atoms with Gasteiger partial charge in [-0.2, -0.15) is 0 Å². The fourth-order valence-corrected chi connectivity index (χ4v) is 1.72. The fraction of sp³-hybridized carbons (Fsp3) is 0.818. The SMILES string of the molecule is CC(C)C1COC(=O)N1C(=O)CCCCO. The van der Waals surface area contributed by atoms with Crippen LogP contribution in [0.1, 0.15) is 33.1 Å². The first-order valence-corrected chi connectivity index (χ1v) is 5.67. The summed E-state index contributed by atoms with van der Waals surface area (Å²) in [6.45, 7) is 4.29. The van der Waals surface area contributed by atoms with Crippen LogP contribution in [0.4, 0.5) is 4.79 Å². The van der Waals surface area contributed by atoms with Crippen molar-refractivity contribution in [2.24, 2.45) is 5.92 Å². The first-order chi connectivity index (χ1) is 7.57. The quantitative estimate of drug-likeness (QED) is 0.718. The molecule has 1 N–H and O–H groups in total. The molecule has 1 aliphatic rings. The molecule has 0 spiro atoms. The molecule has 1 unspecified atom stereocenters. The predicted octanol–water partition coefficient (Wildman–Crippen LogP) is 1.15. The van der Waals surface area contributed by atoms with Gasteiger partial charge in [0, 0.05) is 13.0 Å². The summed E-state index contributed by atoms with van der Waals surface area (Å²) < 4.78 is 4.88. The minimum atomic E-state index is -0.535. The zero-order valence-electron chi connectivity index (χ0n) is 9.81. The minimum absolute atomic E-state index is 0.0747. The van der Waals surface area contributed by atoms with E-state index in [9.17, 15) is 9.59 Å². The number of aliphatic hydroxyl groups excluding tert-OH is 1. The van der Waals surface area contributed by atoms with Crippen molar-refractivity contribution in [3.8, 4) is 0 Å². The normalized spacial score (nSPS) is 20.4. The van der Waals surface area contributed by atoms with Crippen LogP contribution in [-0.2, 0) is 9.53 Å². The Hall–Kier alpha value is -1.10. The maximum atomic E-state index is 11.8. The van der Waals surface area contributed by atoms with Gasteiger partial charge in [0.2, 0.25) is 5.91 Å². The van der Waals surface area contributed by atoms with Crippen LogP contribution in [0.15, 0.2) is 0 Å². The van der Waals surface area contributed by atoms with Crippen LogP contribution in [0.5, 0.6) is 0 Å². The molecule has 2 amide bonds. The summed E-state index contributed by atoms with van der Waals surface area (Å²) in [5.41, 5.74) is 0. The number of hydrogen-bond donors (Lipinski definition) is 1. The molecule has 1 aliphatic heterocycles. The summed E-state index contributed by atoms with van der Waals surface area (Å²) in [5, 5.41) is 8.62. The second-order valence-corrected chi connectivity index (χ2v) is 4.33. The summed E-state index contributed by atoms with van der Waals surface area (Å²) >= 11 is 0. The molecule has 0 aliphatic carbocycles. The van der Waals surface area contributed by atoms with Gasteiger partial charge < -0.3 is 9.84 Å². The van der Waals surface area contributed by atoms with Gasteiger partial charge in [0.25, 0.3) is 0 Å². The number of carbonyl (C=O) groups is 2. The summed E-state index contributed by atoms with van der Waals surface area (Å²) in [5.74, 6) is 0.00268. The molecule has 5 heteroatoms. The lowest BCUT2D eigenvalue weighted by Crippen LogP contribution is -2.41. The van der Waals surface area contributed by atoms with E-state index in [-0.39, 0.29) is 24.5 Å². The molecule has 0 bridgehead atoms. The van der Waals surface area contributed by atoms with Gasteiger partial charge in [-0.25, -0.2) is 9.69 Å². The van der Waals surface area contributed by atoms with E-state index in [2.05, 4.69) is 0 Å². The Balaban J connectivity index is 2.54. The highest BCUT2D eigenvalue weighted by Crippen LogP contribution is 2.20. The average Bonchev–Trinajstić information content (AvgIpc) is 2.60. The van der Waals surface area contributed by atoms with E-state index < -0.39 is 6.09 Å². The number of amides is 2. The molecule has 1 saturated heterocycles. The van der Waals surface area contributed by atoms with Gasteiger partial charge in [0.1, 0.15) is 6.61 Å². The molecule has 1 atom stereocenters. The highest BCUT2D eigenvalue weighted by Gasteiger charge is 2.38. The lowest BCUT2D eigenvalue weighted by atomic mass is 10.0. The van der Waals surface area contributed by atoms with Crippen molar-refractivity contribution < 1.29 is 19.4 Å². The Morgan fingerprint density at radius 2 is 2.25 bits per heavy atom. The Morgan fingerprint density at radius 1 is 1.56 bits per heavy atom. The molecule has 0 saturated carbocycles. The number of aliphatic hydroxyl groups is 1. The molecule has 1 rings (SSSR count). The van der Waals surface area contributed by atoms with E-state index in [1.54, 1.807) is 0 Å². The Labute approximate surface area is 95.4 Å². The molecule has 1 heterocycles. The third-order valence-corrected chi connectivity index (χ3v) is 2.74. The van der Waals surface area contributed by atoms with Gasteiger partial charge in [0.15, 0.2) is 0 Å². The summed E-state index contributed by atoms with van der Waals surface area (Å²) in [4.78, 5) is 24.4. The molecule has 92 valence electrons. The third-order valence-electron chi connectivity index (χ3n) is 2.74. The van der Waals surface area contributed by atoms with Crippen molar-refractivity contribution in [1.82, 2.24) is 4.90 Å². The van der Waals surface area contributed by atoms with E-state index in [0.717, 1.165) is 0 Å². The number of cyclic esters (lactones) is 1. The lowest BCUT2D eigenvalue weighted by Gasteiger charge is -2.22. The van der Waals surface area contributed by atoms with E-state index in [1.165, 1.54) is 4.90 Å². The molecule has 0 aromatic rings. The number of unbranched alkanes of at least 4 members (excludes halogenated alkanes) is 1. The van der Waals surface area contributed by atoms with Crippen molar-refractivity contribution in [2.75, 3.05) is 13.2 Å². The zero-order chi connectivity index (χ0) is 12.1. The van der Waals surface area contributed by atoms with Crippen LogP contribution in [0.2, 0.25) is 0 Å². The zero-order valence-corrected chi connectivity index (χ0v) is 9.81. The van der Waals surface area contributed by atoms with E-state index in [1.807, 2.05) is 13.8 Å². The Bertz CT molecular complexity index is 265. The van der Waals surface area contributed by atoms with Crippen LogP contribution in [0.25, 0.3) is 0 Å². The maximum Gasteiger partial charge on any atom is 0.416 e. The topological polar surface area (TPSA) is 66.8 Å². The third kappa shape index (κ3) is 2.95. The second kappa shape index (κ2) is 5.84. The Kier molecular flexibility index (Phi) is 4.73. The Morgan fingerprint density at radius 3 is 2.81 bits per heavy atom.